The van der Waals surface area contributed by atoms with Crippen LogP contribution in [0.1, 0.15) is 16.1 Å². The molecule has 0 aliphatic heterocycles. The standard InChI is InChI=1S/C17H13ClFN3O/c1-10-3-2-4-13(9-10)22-16(11-5-7-12(19)8-6-11)14(18)15(21-22)17(20)23/h2-9H,1H3,(H2,20,23). The van der Waals surface area contributed by atoms with Gasteiger partial charge < -0.3 is 5.73 Å². The molecule has 0 aliphatic rings. The third-order valence-electron chi connectivity index (χ3n) is 3.42. The normalized spacial score (nSPS) is 10.7. The van der Waals surface area contributed by atoms with E-state index in [-0.39, 0.29) is 16.5 Å². The first kappa shape index (κ1) is 15.2. The maximum atomic E-state index is 13.2. The number of carbonyl (C=O) groups excluding carboxylic acids is 1. The van der Waals surface area contributed by atoms with Gasteiger partial charge in [-0.05, 0) is 48.9 Å². The van der Waals surface area contributed by atoms with Crippen molar-refractivity contribution < 1.29 is 9.18 Å². The van der Waals surface area contributed by atoms with Crippen LogP contribution in [0.3, 0.4) is 0 Å². The summed E-state index contributed by atoms with van der Waals surface area (Å²) in [6, 6.07) is 13.4. The van der Waals surface area contributed by atoms with Gasteiger partial charge in [0.15, 0.2) is 5.69 Å². The van der Waals surface area contributed by atoms with E-state index in [1.54, 1.807) is 16.8 Å². The third-order valence-corrected chi connectivity index (χ3v) is 3.78. The predicted molar refractivity (Wildman–Crippen MR) is 87.2 cm³/mol. The largest absolute Gasteiger partial charge is 0.364 e. The minimum atomic E-state index is -0.718. The summed E-state index contributed by atoms with van der Waals surface area (Å²) < 4.78 is 14.7. The summed E-state index contributed by atoms with van der Waals surface area (Å²) in [6.07, 6.45) is 0. The van der Waals surface area contributed by atoms with Crippen molar-refractivity contribution in [3.8, 4) is 16.9 Å². The van der Waals surface area contributed by atoms with Crippen molar-refractivity contribution in [1.29, 1.82) is 0 Å². The molecule has 1 amide bonds. The molecule has 3 aromatic rings. The Balaban J connectivity index is 2.28. The number of aryl methyl sites for hydroxylation is 1. The van der Waals surface area contributed by atoms with Crippen LogP contribution in [0.5, 0.6) is 0 Å². The highest BCUT2D eigenvalue weighted by Crippen LogP contribution is 2.33. The van der Waals surface area contributed by atoms with Gasteiger partial charge in [-0.1, -0.05) is 23.7 Å². The lowest BCUT2D eigenvalue weighted by atomic mass is 10.1. The Morgan fingerprint density at radius 1 is 1.22 bits per heavy atom. The topological polar surface area (TPSA) is 60.9 Å². The summed E-state index contributed by atoms with van der Waals surface area (Å²) in [5.41, 5.74) is 8.22. The van der Waals surface area contributed by atoms with E-state index >= 15 is 0 Å². The van der Waals surface area contributed by atoms with Gasteiger partial charge in [-0.3, -0.25) is 4.79 Å². The highest BCUT2D eigenvalue weighted by Gasteiger charge is 2.22. The van der Waals surface area contributed by atoms with Crippen molar-refractivity contribution in [2.45, 2.75) is 6.92 Å². The summed E-state index contributed by atoms with van der Waals surface area (Å²) >= 11 is 6.31. The number of nitrogens with two attached hydrogens (primary N) is 1. The van der Waals surface area contributed by atoms with E-state index in [9.17, 15) is 9.18 Å². The van der Waals surface area contributed by atoms with Crippen LogP contribution in [-0.2, 0) is 0 Å². The van der Waals surface area contributed by atoms with Crippen LogP contribution in [-0.4, -0.2) is 15.7 Å². The van der Waals surface area contributed by atoms with E-state index in [2.05, 4.69) is 5.10 Å². The molecule has 23 heavy (non-hydrogen) atoms. The highest BCUT2D eigenvalue weighted by molar-refractivity contribution is 6.36. The zero-order valence-corrected chi connectivity index (χ0v) is 13.0. The SMILES string of the molecule is Cc1cccc(-n2nc(C(N)=O)c(Cl)c2-c2ccc(F)cc2)c1. The van der Waals surface area contributed by atoms with Gasteiger partial charge in [0, 0.05) is 5.56 Å². The summed E-state index contributed by atoms with van der Waals surface area (Å²) in [5.74, 6) is -1.08. The van der Waals surface area contributed by atoms with Crippen LogP contribution in [0, 0.1) is 12.7 Å². The Hall–Kier alpha value is -2.66. The molecule has 0 saturated heterocycles. The van der Waals surface area contributed by atoms with Crippen molar-refractivity contribution in [2.24, 2.45) is 5.73 Å². The molecule has 0 bridgehead atoms. The smallest absolute Gasteiger partial charge is 0.270 e. The van der Waals surface area contributed by atoms with Crippen molar-refractivity contribution in [3.05, 3.63) is 70.6 Å². The number of halogens is 2. The molecule has 4 nitrogen and oxygen atoms in total. The molecule has 0 radical (unpaired) electrons. The maximum Gasteiger partial charge on any atom is 0.270 e. The molecule has 0 aliphatic carbocycles. The maximum absolute atomic E-state index is 13.2. The van der Waals surface area contributed by atoms with Gasteiger partial charge in [0.1, 0.15) is 10.8 Å². The lowest BCUT2D eigenvalue weighted by Crippen LogP contribution is -2.12. The number of carbonyl (C=O) groups is 1. The third kappa shape index (κ3) is 2.83. The molecule has 116 valence electrons. The van der Waals surface area contributed by atoms with Crippen LogP contribution in [0.4, 0.5) is 4.39 Å². The zero-order valence-electron chi connectivity index (χ0n) is 12.3. The molecule has 3 rings (SSSR count). The van der Waals surface area contributed by atoms with Crippen LogP contribution in [0.15, 0.2) is 48.5 Å². The molecule has 1 aromatic heterocycles. The van der Waals surface area contributed by atoms with Crippen LogP contribution < -0.4 is 5.73 Å². The molecular weight excluding hydrogens is 317 g/mol. The van der Waals surface area contributed by atoms with Gasteiger partial charge >= 0.3 is 0 Å². The van der Waals surface area contributed by atoms with Gasteiger partial charge in [0.05, 0.1) is 11.4 Å². The minimum absolute atomic E-state index is 0.0208. The molecule has 2 aromatic carbocycles. The van der Waals surface area contributed by atoms with Gasteiger partial charge in [-0.25, -0.2) is 9.07 Å². The predicted octanol–water partition coefficient (Wildman–Crippen LogP) is 3.74. The number of rotatable bonds is 3. The Kier molecular flexibility index (Phi) is 3.88. The van der Waals surface area contributed by atoms with Crippen LogP contribution >= 0.6 is 11.6 Å². The van der Waals surface area contributed by atoms with Crippen molar-refractivity contribution in [2.75, 3.05) is 0 Å². The van der Waals surface area contributed by atoms with Gasteiger partial charge in [0.25, 0.3) is 5.91 Å². The molecule has 0 atom stereocenters. The number of hydrogen-bond acceptors (Lipinski definition) is 2. The Morgan fingerprint density at radius 2 is 1.91 bits per heavy atom. The zero-order chi connectivity index (χ0) is 16.6. The quantitative estimate of drug-likeness (QED) is 0.795. The van der Waals surface area contributed by atoms with E-state index in [1.165, 1.54) is 12.1 Å². The second-order valence-corrected chi connectivity index (χ2v) is 5.51. The summed E-state index contributed by atoms with van der Waals surface area (Å²) in [5, 5.41) is 4.38. The van der Waals surface area contributed by atoms with Crippen molar-refractivity contribution >= 4 is 17.5 Å². The average Bonchev–Trinajstić information content (AvgIpc) is 2.86. The Labute approximate surface area is 137 Å². The Morgan fingerprint density at radius 3 is 2.52 bits per heavy atom. The van der Waals surface area contributed by atoms with E-state index < -0.39 is 5.91 Å². The van der Waals surface area contributed by atoms with Crippen molar-refractivity contribution in [1.82, 2.24) is 9.78 Å². The lowest BCUT2D eigenvalue weighted by molar-refractivity contribution is 0.0995. The molecule has 0 saturated carbocycles. The van der Waals surface area contributed by atoms with E-state index in [4.69, 9.17) is 17.3 Å². The van der Waals surface area contributed by atoms with Gasteiger partial charge in [0.2, 0.25) is 0 Å². The number of benzene rings is 2. The summed E-state index contributed by atoms with van der Waals surface area (Å²) in [6.45, 7) is 1.95. The van der Waals surface area contributed by atoms with E-state index in [0.29, 0.717) is 11.3 Å². The second-order valence-electron chi connectivity index (χ2n) is 5.13. The number of aromatic nitrogens is 2. The van der Waals surface area contributed by atoms with Crippen LogP contribution in [0.2, 0.25) is 5.02 Å². The lowest BCUT2D eigenvalue weighted by Gasteiger charge is -2.09. The molecule has 2 N–H and O–H groups in total. The number of amides is 1. The van der Waals surface area contributed by atoms with E-state index in [0.717, 1.165) is 11.3 Å². The second kappa shape index (κ2) is 5.85. The fourth-order valence-electron chi connectivity index (χ4n) is 2.36. The van der Waals surface area contributed by atoms with Gasteiger partial charge in [-0.15, -0.1) is 0 Å². The monoisotopic (exact) mass is 329 g/mol. The number of nitrogens with zero attached hydrogens (tertiary/aromatic N) is 2. The first-order chi connectivity index (χ1) is 11.0. The number of primary amides is 1. The molecule has 1 heterocycles. The molecule has 6 heteroatoms. The number of hydrogen-bond donors (Lipinski definition) is 1. The highest BCUT2D eigenvalue weighted by atomic mass is 35.5. The molecular formula is C17H13ClFN3O. The molecule has 0 spiro atoms. The minimum Gasteiger partial charge on any atom is -0.364 e. The summed E-state index contributed by atoms with van der Waals surface area (Å²) in [4.78, 5) is 11.6. The van der Waals surface area contributed by atoms with Crippen molar-refractivity contribution in [3.63, 3.8) is 0 Å². The first-order valence-corrected chi connectivity index (χ1v) is 7.26. The fraction of sp³-hybridized carbons (Fsp3) is 0.0588. The molecule has 0 unspecified atom stereocenters. The first-order valence-electron chi connectivity index (χ1n) is 6.88. The van der Waals surface area contributed by atoms with E-state index in [1.807, 2.05) is 31.2 Å². The van der Waals surface area contributed by atoms with Gasteiger partial charge in [-0.2, -0.15) is 5.10 Å². The fourth-order valence-corrected chi connectivity index (χ4v) is 2.68. The molecule has 0 fully saturated rings. The van der Waals surface area contributed by atoms with Crippen LogP contribution in [0.25, 0.3) is 16.9 Å². The Bertz CT molecular complexity index is 887. The average molecular weight is 330 g/mol. The summed E-state index contributed by atoms with van der Waals surface area (Å²) in [7, 11) is 0.